The van der Waals surface area contributed by atoms with E-state index in [0.717, 1.165) is 16.3 Å². The van der Waals surface area contributed by atoms with Crippen LogP contribution in [-0.2, 0) is 9.53 Å². The van der Waals surface area contributed by atoms with Crippen LogP contribution in [0.1, 0.15) is 5.56 Å². The van der Waals surface area contributed by atoms with Gasteiger partial charge in [0.15, 0.2) is 17.3 Å². The number of hydrogen-bond acceptors (Lipinski definition) is 5. The predicted octanol–water partition coefficient (Wildman–Crippen LogP) is 4.06. The van der Waals surface area contributed by atoms with Crippen molar-refractivity contribution in [3.8, 4) is 29.1 Å². The lowest BCUT2D eigenvalue weighted by Gasteiger charge is -2.06. The van der Waals surface area contributed by atoms with E-state index in [1.54, 1.807) is 18.2 Å². The number of allylic oxidation sites excluding steroid dienone is 1. The highest BCUT2D eigenvalue weighted by Crippen LogP contribution is 2.32. The molecule has 0 aliphatic carbocycles. The molecule has 1 aliphatic rings. The van der Waals surface area contributed by atoms with Gasteiger partial charge in [0.25, 0.3) is 0 Å². The van der Waals surface area contributed by atoms with Crippen LogP contribution in [0.4, 0.5) is 0 Å². The highest BCUT2D eigenvalue weighted by Gasteiger charge is 2.12. The van der Waals surface area contributed by atoms with Crippen LogP contribution < -0.4 is 14.2 Å². The van der Waals surface area contributed by atoms with E-state index in [-0.39, 0.29) is 12.6 Å². The summed E-state index contributed by atoms with van der Waals surface area (Å²) in [5.41, 5.74) is 0.717. The summed E-state index contributed by atoms with van der Waals surface area (Å²) in [5.74, 6) is 7.21. The number of methoxy groups -OCH3 is 1. The lowest BCUT2D eigenvalue weighted by Crippen LogP contribution is -2.06. The molecule has 1 heterocycles. The molecule has 0 radical (unpaired) electrons. The average molecular weight is 372 g/mol. The minimum Gasteiger partial charge on any atom is -0.488 e. The molecule has 0 unspecified atom stereocenters. The van der Waals surface area contributed by atoms with E-state index in [0.29, 0.717) is 17.2 Å². The fraction of sp³-hybridized carbons (Fsp3) is 0.0870. The molecule has 0 atom stereocenters. The van der Waals surface area contributed by atoms with Crippen molar-refractivity contribution in [1.29, 1.82) is 0 Å². The number of fused-ring (bicyclic) bond motifs is 2. The van der Waals surface area contributed by atoms with Gasteiger partial charge in [-0.2, -0.15) is 0 Å². The Labute approximate surface area is 162 Å². The first kappa shape index (κ1) is 17.5. The summed E-state index contributed by atoms with van der Waals surface area (Å²) >= 11 is 0. The quantitative estimate of drug-likeness (QED) is 0.228. The molecule has 3 aromatic carbocycles. The number of rotatable bonds is 3. The summed E-state index contributed by atoms with van der Waals surface area (Å²) in [7, 11) is 1.45. The van der Waals surface area contributed by atoms with Crippen molar-refractivity contribution in [1.82, 2.24) is 0 Å². The number of carbonyl (C=O) groups is 1. The van der Waals surface area contributed by atoms with Crippen LogP contribution in [0, 0.1) is 11.8 Å². The molecule has 28 heavy (non-hydrogen) atoms. The van der Waals surface area contributed by atoms with Gasteiger partial charge in [0.2, 0.25) is 6.79 Å². The minimum atomic E-state index is -0.562. The SMILES string of the molecule is CO/C(C#Cc1ccc2c(c1)OCO2)=C\C(=O)Oc1cccc2ccccc12. The maximum Gasteiger partial charge on any atom is 0.340 e. The van der Waals surface area contributed by atoms with Crippen molar-refractivity contribution in [2.45, 2.75) is 0 Å². The maximum atomic E-state index is 12.3. The van der Waals surface area contributed by atoms with E-state index in [1.807, 2.05) is 42.5 Å². The molecular weight excluding hydrogens is 356 g/mol. The van der Waals surface area contributed by atoms with Crippen LogP contribution in [0.25, 0.3) is 10.8 Å². The normalized spacial score (nSPS) is 12.2. The maximum absolute atomic E-state index is 12.3. The summed E-state index contributed by atoms with van der Waals surface area (Å²) in [4.78, 5) is 12.3. The van der Waals surface area contributed by atoms with Crippen molar-refractivity contribution in [3.05, 3.63) is 78.1 Å². The molecule has 0 N–H and O–H groups in total. The van der Waals surface area contributed by atoms with Gasteiger partial charge >= 0.3 is 5.97 Å². The van der Waals surface area contributed by atoms with Gasteiger partial charge in [-0.3, -0.25) is 0 Å². The lowest BCUT2D eigenvalue weighted by atomic mass is 10.1. The molecule has 3 aromatic rings. The number of benzene rings is 3. The van der Waals surface area contributed by atoms with Gasteiger partial charge in [0.05, 0.1) is 13.2 Å². The molecule has 5 heteroatoms. The molecule has 0 saturated carbocycles. The van der Waals surface area contributed by atoms with Crippen molar-refractivity contribution < 1.29 is 23.7 Å². The summed E-state index contributed by atoms with van der Waals surface area (Å²) in [6.07, 6.45) is 1.22. The van der Waals surface area contributed by atoms with E-state index in [4.69, 9.17) is 18.9 Å². The van der Waals surface area contributed by atoms with Gasteiger partial charge < -0.3 is 18.9 Å². The smallest absolute Gasteiger partial charge is 0.340 e. The summed E-state index contributed by atoms with van der Waals surface area (Å²) in [5, 5.41) is 1.85. The Balaban J connectivity index is 1.52. The minimum absolute atomic E-state index is 0.197. The molecule has 4 rings (SSSR count). The number of carbonyl (C=O) groups excluding carboxylic acids is 1. The lowest BCUT2D eigenvalue weighted by molar-refractivity contribution is -0.129. The van der Waals surface area contributed by atoms with E-state index in [2.05, 4.69) is 11.8 Å². The largest absolute Gasteiger partial charge is 0.488 e. The molecule has 0 bridgehead atoms. The standard InChI is InChI=1S/C23H16O5/c1-25-18(11-9-16-10-12-21-22(13-16)27-15-26-21)14-23(24)28-20-8-4-6-17-5-2-3-7-19(17)20/h2-8,10,12-14H,15H2,1H3/b18-14-. The van der Waals surface area contributed by atoms with Crippen molar-refractivity contribution in [2.24, 2.45) is 0 Å². The topological polar surface area (TPSA) is 54.0 Å². The zero-order valence-electron chi connectivity index (χ0n) is 15.1. The van der Waals surface area contributed by atoms with Crippen molar-refractivity contribution >= 4 is 16.7 Å². The number of ether oxygens (including phenoxy) is 4. The Bertz CT molecular complexity index is 1130. The van der Waals surface area contributed by atoms with E-state index >= 15 is 0 Å². The molecule has 0 aromatic heterocycles. The number of esters is 1. The van der Waals surface area contributed by atoms with Gasteiger partial charge in [-0.05, 0) is 35.6 Å². The number of hydrogen-bond donors (Lipinski definition) is 0. The molecule has 5 nitrogen and oxygen atoms in total. The van der Waals surface area contributed by atoms with E-state index in [1.165, 1.54) is 13.2 Å². The summed E-state index contributed by atoms with van der Waals surface area (Å²) in [6.45, 7) is 0.204. The fourth-order valence-electron chi connectivity index (χ4n) is 2.78. The Morgan fingerprint density at radius 3 is 2.75 bits per heavy atom. The monoisotopic (exact) mass is 372 g/mol. The fourth-order valence-corrected chi connectivity index (χ4v) is 2.78. The van der Waals surface area contributed by atoms with Gasteiger partial charge in [-0.1, -0.05) is 42.3 Å². The Morgan fingerprint density at radius 1 is 1.04 bits per heavy atom. The van der Waals surface area contributed by atoms with Crippen LogP contribution in [0.15, 0.2) is 72.5 Å². The second-order valence-corrected chi connectivity index (χ2v) is 5.93. The highest BCUT2D eigenvalue weighted by molar-refractivity contribution is 5.92. The molecule has 1 aliphatic heterocycles. The first-order valence-corrected chi connectivity index (χ1v) is 8.60. The first-order valence-electron chi connectivity index (χ1n) is 8.60. The zero-order chi connectivity index (χ0) is 19.3. The van der Waals surface area contributed by atoms with Gasteiger partial charge in [-0.25, -0.2) is 4.79 Å². The molecule has 0 fully saturated rings. The average Bonchev–Trinajstić information content (AvgIpc) is 3.19. The second-order valence-electron chi connectivity index (χ2n) is 5.93. The van der Waals surface area contributed by atoms with Crippen LogP contribution in [0.5, 0.6) is 17.2 Å². The van der Waals surface area contributed by atoms with E-state index < -0.39 is 5.97 Å². The molecule has 0 spiro atoms. The second kappa shape index (κ2) is 7.77. The third kappa shape index (κ3) is 3.76. The molecule has 0 amide bonds. The first-order chi connectivity index (χ1) is 13.7. The van der Waals surface area contributed by atoms with Crippen LogP contribution in [0.3, 0.4) is 0 Å². The third-order valence-corrected chi connectivity index (χ3v) is 4.13. The van der Waals surface area contributed by atoms with Crippen molar-refractivity contribution in [3.63, 3.8) is 0 Å². The highest BCUT2D eigenvalue weighted by atomic mass is 16.7. The molecule has 138 valence electrons. The molecular formula is C23H16O5. The van der Waals surface area contributed by atoms with Crippen LogP contribution in [0.2, 0.25) is 0 Å². The van der Waals surface area contributed by atoms with Gasteiger partial charge in [0.1, 0.15) is 5.75 Å². The van der Waals surface area contributed by atoms with Gasteiger partial charge in [-0.15, -0.1) is 0 Å². The van der Waals surface area contributed by atoms with Crippen LogP contribution >= 0.6 is 0 Å². The Kier molecular flexibility index (Phi) is 4.85. The summed E-state index contributed by atoms with van der Waals surface area (Å²) < 4.78 is 21.3. The molecule has 0 saturated heterocycles. The Hall–Kier alpha value is -3.91. The van der Waals surface area contributed by atoms with E-state index in [9.17, 15) is 4.79 Å². The van der Waals surface area contributed by atoms with Crippen molar-refractivity contribution in [2.75, 3.05) is 13.9 Å². The van der Waals surface area contributed by atoms with Gasteiger partial charge in [0, 0.05) is 10.9 Å². The Morgan fingerprint density at radius 2 is 1.86 bits per heavy atom. The third-order valence-electron chi connectivity index (χ3n) is 4.13. The van der Waals surface area contributed by atoms with Crippen LogP contribution in [-0.4, -0.2) is 19.9 Å². The predicted molar refractivity (Wildman–Crippen MR) is 104 cm³/mol. The zero-order valence-corrected chi connectivity index (χ0v) is 15.1. The summed E-state index contributed by atoms with van der Waals surface area (Å²) in [6, 6.07) is 18.6.